The molecule has 2 nitrogen and oxygen atoms in total. The lowest BCUT2D eigenvalue weighted by Gasteiger charge is -2.29. The van der Waals surface area contributed by atoms with Crippen LogP contribution in [0.3, 0.4) is 0 Å². The van der Waals surface area contributed by atoms with Gasteiger partial charge < -0.3 is 10.2 Å². The standard InChI is InChI=1S/C12H16N2S2/c15-12(14-8-6-13-7-9-14)16-10-11-4-2-1-3-5-11/h1-5,13H,6-10H2. The first-order valence-electron chi connectivity index (χ1n) is 5.52. The Morgan fingerprint density at radius 1 is 1.25 bits per heavy atom. The first kappa shape index (κ1) is 11.9. The van der Waals surface area contributed by atoms with Crippen LogP contribution in [0.5, 0.6) is 0 Å². The summed E-state index contributed by atoms with van der Waals surface area (Å²) in [6.07, 6.45) is 0. The molecule has 1 aromatic carbocycles. The van der Waals surface area contributed by atoms with Crippen molar-refractivity contribution in [2.45, 2.75) is 5.75 Å². The molecule has 0 radical (unpaired) electrons. The molecule has 0 atom stereocenters. The molecule has 1 aliphatic rings. The zero-order valence-electron chi connectivity index (χ0n) is 9.19. The highest BCUT2D eigenvalue weighted by molar-refractivity contribution is 8.22. The molecule has 1 saturated heterocycles. The molecule has 0 amide bonds. The largest absolute Gasteiger partial charge is 0.355 e. The van der Waals surface area contributed by atoms with Gasteiger partial charge in [-0.15, -0.1) is 0 Å². The van der Waals surface area contributed by atoms with Crippen LogP contribution in [0.4, 0.5) is 0 Å². The van der Waals surface area contributed by atoms with Gasteiger partial charge in [0.15, 0.2) is 0 Å². The SMILES string of the molecule is S=C(SCc1ccccc1)N1CCNCC1. The first-order valence-corrected chi connectivity index (χ1v) is 6.92. The van der Waals surface area contributed by atoms with Gasteiger partial charge in [-0.05, 0) is 5.56 Å². The van der Waals surface area contributed by atoms with Gasteiger partial charge in [0.1, 0.15) is 4.32 Å². The van der Waals surface area contributed by atoms with Crippen molar-refractivity contribution in [2.75, 3.05) is 26.2 Å². The summed E-state index contributed by atoms with van der Waals surface area (Å²) in [5.74, 6) is 0.976. The highest BCUT2D eigenvalue weighted by Gasteiger charge is 2.12. The molecule has 16 heavy (non-hydrogen) atoms. The maximum atomic E-state index is 5.43. The third kappa shape index (κ3) is 3.47. The fraction of sp³-hybridized carbons (Fsp3) is 0.417. The third-order valence-corrected chi connectivity index (χ3v) is 4.17. The van der Waals surface area contributed by atoms with Gasteiger partial charge in [0.05, 0.1) is 0 Å². The van der Waals surface area contributed by atoms with Crippen molar-refractivity contribution in [1.82, 2.24) is 10.2 Å². The maximum Gasteiger partial charge on any atom is 0.136 e. The molecule has 4 heteroatoms. The van der Waals surface area contributed by atoms with E-state index in [1.807, 2.05) is 6.07 Å². The van der Waals surface area contributed by atoms with Crippen LogP contribution in [0.25, 0.3) is 0 Å². The minimum atomic E-state index is 0.976. The number of thioether (sulfide) groups is 1. The summed E-state index contributed by atoms with van der Waals surface area (Å²) in [6.45, 7) is 4.18. The summed E-state index contributed by atoms with van der Waals surface area (Å²) in [7, 11) is 0. The van der Waals surface area contributed by atoms with Crippen molar-refractivity contribution in [3.63, 3.8) is 0 Å². The summed E-state index contributed by atoms with van der Waals surface area (Å²) in [5, 5.41) is 3.33. The van der Waals surface area contributed by atoms with Crippen LogP contribution in [0.15, 0.2) is 30.3 Å². The fourth-order valence-electron chi connectivity index (χ4n) is 1.66. The Bertz CT molecular complexity index is 334. The van der Waals surface area contributed by atoms with Crippen LogP contribution in [0.2, 0.25) is 0 Å². The molecule has 0 spiro atoms. The van der Waals surface area contributed by atoms with Gasteiger partial charge in [-0.1, -0.05) is 54.3 Å². The fourth-order valence-corrected chi connectivity index (χ4v) is 2.87. The van der Waals surface area contributed by atoms with E-state index in [1.165, 1.54) is 5.56 Å². The van der Waals surface area contributed by atoms with E-state index in [0.717, 1.165) is 36.3 Å². The van der Waals surface area contributed by atoms with Gasteiger partial charge in [0, 0.05) is 31.9 Å². The van der Waals surface area contributed by atoms with Crippen LogP contribution in [0.1, 0.15) is 5.56 Å². The van der Waals surface area contributed by atoms with Gasteiger partial charge in [-0.3, -0.25) is 0 Å². The molecular weight excluding hydrogens is 236 g/mol. The van der Waals surface area contributed by atoms with Crippen LogP contribution >= 0.6 is 24.0 Å². The Balaban J connectivity index is 1.79. The minimum Gasteiger partial charge on any atom is -0.355 e. The quantitative estimate of drug-likeness (QED) is 0.811. The average molecular weight is 252 g/mol. The zero-order chi connectivity index (χ0) is 11.2. The summed E-state index contributed by atoms with van der Waals surface area (Å²) >= 11 is 7.20. The summed E-state index contributed by atoms with van der Waals surface area (Å²) in [4.78, 5) is 2.29. The predicted molar refractivity (Wildman–Crippen MR) is 74.8 cm³/mol. The average Bonchev–Trinajstić information content (AvgIpc) is 2.38. The molecule has 1 fully saturated rings. The molecule has 0 saturated carbocycles. The van der Waals surface area contributed by atoms with Gasteiger partial charge >= 0.3 is 0 Å². The molecule has 0 unspecified atom stereocenters. The normalized spacial score (nSPS) is 16.1. The van der Waals surface area contributed by atoms with E-state index >= 15 is 0 Å². The topological polar surface area (TPSA) is 15.3 Å². The first-order chi connectivity index (χ1) is 7.86. The molecule has 2 rings (SSSR count). The van der Waals surface area contributed by atoms with E-state index in [4.69, 9.17) is 12.2 Å². The molecule has 1 heterocycles. The molecule has 1 N–H and O–H groups in total. The highest BCUT2D eigenvalue weighted by Crippen LogP contribution is 2.16. The highest BCUT2D eigenvalue weighted by atomic mass is 32.2. The third-order valence-electron chi connectivity index (χ3n) is 2.58. The number of hydrogen-bond donors (Lipinski definition) is 1. The smallest absolute Gasteiger partial charge is 0.136 e. The Labute approximate surface area is 106 Å². The van der Waals surface area contributed by atoms with Crippen molar-refractivity contribution >= 4 is 28.3 Å². The molecule has 86 valence electrons. The lowest BCUT2D eigenvalue weighted by molar-refractivity contribution is 0.368. The molecule has 1 aromatic rings. The Morgan fingerprint density at radius 3 is 2.62 bits per heavy atom. The van der Waals surface area contributed by atoms with Crippen molar-refractivity contribution < 1.29 is 0 Å². The van der Waals surface area contributed by atoms with E-state index < -0.39 is 0 Å². The Morgan fingerprint density at radius 2 is 1.94 bits per heavy atom. The Hall–Kier alpha value is -0.580. The van der Waals surface area contributed by atoms with Gasteiger partial charge in [-0.25, -0.2) is 0 Å². The molecular formula is C12H16N2S2. The lowest BCUT2D eigenvalue weighted by atomic mass is 10.2. The predicted octanol–water partition coefficient (Wildman–Crippen LogP) is 2.11. The summed E-state index contributed by atoms with van der Waals surface area (Å²) in [5.41, 5.74) is 1.34. The second-order valence-corrected chi connectivity index (χ2v) is 5.39. The number of nitrogens with zero attached hydrogens (tertiary/aromatic N) is 1. The Kier molecular flexibility index (Phi) is 4.63. The van der Waals surface area contributed by atoms with E-state index in [9.17, 15) is 0 Å². The molecule has 0 aromatic heterocycles. The lowest BCUT2D eigenvalue weighted by Crippen LogP contribution is -2.44. The monoisotopic (exact) mass is 252 g/mol. The van der Waals surface area contributed by atoms with Crippen molar-refractivity contribution in [3.8, 4) is 0 Å². The van der Waals surface area contributed by atoms with E-state index in [1.54, 1.807) is 11.8 Å². The number of nitrogens with one attached hydrogen (secondary N) is 1. The number of rotatable bonds is 2. The number of thiocarbonyl (C=S) groups is 1. The van der Waals surface area contributed by atoms with Gasteiger partial charge in [0.25, 0.3) is 0 Å². The van der Waals surface area contributed by atoms with E-state index in [-0.39, 0.29) is 0 Å². The van der Waals surface area contributed by atoms with Crippen LogP contribution in [-0.4, -0.2) is 35.4 Å². The van der Waals surface area contributed by atoms with E-state index in [2.05, 4.69) is 34.5 Å². The van der Waals surface area contributed by atoms with Crippen molar-refractivity contribution in [2.24, 2.45) is 0 Å². The van der Waals surface area contributed by atoms with Gasteiger partial charge in [0.2, 0.25) is 0 Å². The van der Waals surface area contributed by atoms with Crippen LogP contribution in [0, 0.1) is 0 Å². The van der Waals surface area contributed by atoms with Crippen molar-refractivity contribution in [1.29, 1.82) is 0 Å². The minimum absolute atomic E-state index is 0.976. The number of benzene rings is 1. The second kappa shape index (κ2) is 6.23. The van der Waals surface area contributed by atoms with Crippen molar-refractivity contribution in [3.05, 3.63) is 35.9 Å². The zero-order valence-corrected chi connectivity index (χ0v) is 10.8. The maximum absolute atomic E-state index is 5.43. The molecule has 1 aliphatic heterocycles. The summed E-state index contributed by atoms with van der Waals surface area (Å²) < 4.78 is 1.03. The van der Waals surface area contributed by atoms with Crippen LogP contribution in [-0.2, 0) is 5.75 Å². The number of piperazine rings is 1. The van der Waals surface area contributed by atoms with Crippen LogP contribution < -0.4 is 5.32 Å². The van der Waals surface area contributed by atoms with Gasteiger partial charge in [-0.2, -0.15) is 0 Å². The number of hydrogen-bond acceptors (Lipinski definition) is 3. The summed E-state index contributed by atoms with van der Waals surface area (Å²) in [6, 6.07) is 10.5. The molecule has 0 aliphatic carbocycles. The second-order valence-electron chi connectivity index (χ2n) is 3.78. The van der Waals surface area contributed by atoms with E-state index in [0.29, 0.717) is 0 Å². The molecule has 0 bridgehead atoms.